The fourth-order valence-electron chi connectivity index (χ4n) is 1.89. The van der Waals surface area contributed by atoms with Crippen LogP contribution >= 0.6 is 11.6 Å². The van der Waals surface area contributed by atoms with E-state index in [9.17, 15) is 13.2 Å². The molecule has 21 heavy (non-hydrogen) atoms. The van der Waals surface area contributed by atoms with Gasteiger partial charge in [0.15, 0.2) is 0 Å². The number of carbonyl (C=O) groups excluding carboxylic acids is 1. The molecule has 0 saturated carbocycles. The molecule has 0 spiro atoms. The number of halogens is 1. The molecule has 0 saturated heterocycles. The molecule has 0 aliphatic carbocycles. The van der Waals surface area contributed by atoms with Crippen LogP contribution in [0.5, 0.6) is 0 Å². The highest BCUT2D eigenvalue weighted by Crippen LogP contribution is 2.30. The molecule has 0 amide bonds. The SMILES string of the molecule is CCOC(=O)c1cc(N)cc(Cl)c1NC(C)CS(C)(=O)=O. The van der Waals surface area contributed by atoms with E-state index in [1.54, 1.807) is 13.8 Å². The molecule has 0 aromatic heterocycles. The third-order valence-electron chi connectivity index (χ3n) is 2.55. The molecule has 3 N–H and O–H groups in total. The standard InChI is InChI=1S/C13H19ClN2O4S/c1-4-20-13(17)10-5-9(15)6-11(14)12(10)16-8(2)7-21(3,18)19/h5-6,8,16H,4,7,15H2,1-3H3. The van der Waals surface area contributed by atoms with E-state index in [1.165, 1.54) is 12.1 Å². The van der Waals surface area contributed by atoms with E-state index in [-0.39, 0.29) is 22.9 Å². The molecule has 0 fully saturated rings. The van der Waals surface area contributed by atoms with Crippen molar-refractivity contribution < 1.29 is 17.9 Å². The zero-order chi connectivity index (χ0) is 16.2. The molecule has 0 heterocycles. The average Bonchev–Trinajstić information content (AvgIpc) is 2.30. The number of hydrogen-bond donors (Lipinski definition) is 2. The minimum absolute atomic E-state index is 0.0873. The lowest BCUT2D eigenvalue weighted by atomic mass is 10.1. The number of sulfone groups is 1. The summed E-state index contributed by atoms with van der Waals surface area (Å²) in [5.41, 5.74) is 6.50. The zero-order valence-electron chi connectivity index (χ0n) is 12.1. The Hall–Kier alpha value is -1.47. The second-order valence-electron chi connectivity index (χ2n) is 4.78. The van der Waals surface area contributed by atoms with Gasteiger partial charge in [-0.2, -0.15) is 0 Å². The Kier molecular flexibility index (Phi) is 5.86. The van der Waals surface area contributed by atoms with E-state index in [1.807, 2.05) is 0 Å². The Balaban J connectivity index is 3.13. The highest BCUT2D eigenvalue weighted by atomic mass is 35.5. The number of nitrogens with two attached hydrogens (primary N) is 1. The smallest absolute Gasteiger partial charge is 0.340 e. The van der Waals surface area contributed by atoms with Crippen LogP contribution in [0, 0.1) is 0 Å². The van der Waals surface area contributed by atoms with Crippen LogP contribution in [0.2, 0.25) is 5.02 Å². The van der Waals surface area contributed by atoms with E-state index in [0.29, 0.717) is 11.4 Å². The molecule has 1 atom stereocenters. The summed E-state index contributed by atoms with van der Waals surface area (Å²) in [5.74, 6) is -0.656. The summed E-state index contributed by atoms with van der Waals surface area (Å²) in [6, 6.07) is 2.51. The fraction of sp³-hybridized carbons (Fsp3) is 0.462. The maximum atomic E-state index is 11.9. The van der Waals surface area contributed by atoms with Gasteiger partial charge in [-0.15, -0.1) is 0 Å². The van der Waals surface area contributed by atoms with Gasteiger partial charge < -0.3 is 15.8 Å². The number of nitrogen functional groups attached to an aromatic ring is 1. The van der Waals surface area contributed by atoms with Gasteiger partial charge in [-0.05, 0) is 26.0 Å². The van der Waals surface area contributed by atoms with E-state index >= 15 is 0 Å². The van der Waals surface area contributed by atoms with Gasteiger partial charge in [-0.3, -0.25) is 0 Å². The van der Waals surface area contributed by atoms with Crippen LogP contribution in [0.1, 0.15) is 24.2 Å². The van der Waals surface area contributed by atoms with Crippen LogP contribution < -0.4 is 11.1 Å². The van der Waals surface area contributed by atoms with Gasteiger partial charge in [0.1, 0.15) is 9.84 Å². The molecule has 1 aromatic rings. The third-order valence-corrected chi connectivity index (χ3v) is 3.95. The van der Waals surface area contributed by atoms with E-state index in [4.69, 9.17) is 22.1 Å². The number of hydrogen-bond acceptors (Lipinski definition) is 6. The molecule has 8 heteroatoms. The summed E-state index contributed by atoms with van der Waals surface area (Å²) >= 11 is 6.09. The average molecular weight is 335 g/mol. The molecule has 0 bridgehead atoms. The predicted octanol–water partition coefficient (Wildman–Crippen LogP) is 1.94. The molecule has 0 radical (unpaired) electrons. The second kappa shape index (κ2) is 7.00. The lowest BCUT2D eigenvalue weighted by Crippen LogP contribution is -2.26. The molecular formula is C13H19ClN2O4S. The van der Waals surface area contributed by atoms with Crippen LogP contribution in [-0.2, 0) is 14.6 Å². The van der Waals surface area contributed by atoms with Crippen molar-refractivity contribution in [2.24, 2.45) is 0 Å². The number of anilines is 2. The van der Waals surface area contributed by atoms with Crippen molar-refractivity contribution in [2.75, 3.05) is 29.7 Å². The normalized spacial score (nSPS) is 12.8. The summed E-state index contributed by atoms with van der Waals surface area (Å²) in [7, 11) is -3.15. The van der Waals surface area contributed by atoms with Gasteiger partial charge in [0.25, 0.3) is 0 Å². The quantitative estimate of drug-likeness (QED) is 0.609. The first-order valence-corrected chi connectivity index (χ1v) is 8.78. The number of esters is 1. The Bertz CT molecular complexity index is 631. The van der Waals surface area contributed by atoms with Crippen LogP contribution in [0.4, 0.5) is 11.4 Å². The third kappa shape index (κ3) is 5.43. The van der Waals surface area contributed by atoms with Crippen LogP contribution in [0.15, 0.2) is 12.1 Å². The highest BCUT2D eigenvalue weighted by Gasteiger charge is 2.19. The molecule has 118 valence electrons. The van der Waals surface area contributed by atoms with E-state index in [0.717, 1.165) is 6.26 Å². The molecule has 1 aromatic carbocycles. The van der Waals surface area contributed by atoms with Crippen LogP contribution in [0.3, 0.4) is 0 Å². The van der Waals surface area contributed by atoms with Gasteiger partial charge in [0, 0.05) is 18.0 Å². The first kappa shape index (κ1) is 17.6. The zero-order valence-corrected chi connectivity index (χ0v) is 13.7. The Morgan fingerprint density at radius 3 is 2.62 bits per heavy atom. The molecule has 6 nitrogen and oxygen atoms in total. The lowest BCUT2D eigenvalue weighted by molar-refractivity contribution is 0.0527. The van der Waals surface area contributed by atoms with Crippen molar-refractivity contribution in [1.82, 2.24) is 0 Å². The Morgan fingerprint density at radius 2 is 2.10 bits per heavy atom. The van der Waals surface area contributed by atoms with Crippen molar-refractivity contribution in [2.45, 2.75) is 19.9 Å². The Labute approximate surface area is 129 Å². The van der Waals surface area contributed by atoms with Gasteiger partial charge in [0.05, 0.1) is 28.6 Å². The number of rotatable bonds is 6. The number of ether oxygens (including phenoxy) is 1. The lowest BCUT2D eigenvalue weighted by Gasteiger charge is -2.18. The van der Waals surface area contributed by atoms with E-state index < -0.39 is 21.8 Å². The first-order chi connectivity index (χ1) is 9.64. The van der Waals surface area contributed by atoms with Gasteiger partial charge in [-0.25, -0.2) is 13.2 Å². The maximum absolute atomic E-state index is 11.9. The summed E-state index contributed by atoms with van der Waals surface area (Å²) in [6.45, 7) is 3.58. The summed E-state index contributed by atoms with van der Waals surface area (Å²) < 4.78 is 27.6. The highest BCUT2D eigenvalue weighted by molar-refractivity contribution is 7.90. The first-order valence-electron chi connectivity index (χ1n) is 6.34. The number of benzene rings is 1. The Morgan fingerprint density at radius 1 is 1.48 bits per heavy atom. The van der Waals surface area contributed by atoms with Gasteiger partial charge >= 0.3 is 5.97 Å². The van der Waals surface area contributed by atoms with Crippen molar-refractivity contribution in [3.63, 3.8) is 0 Å². The maximum Gasteiger partial charge on any atom is 0.340 e. The molecule has 0 aliphatic rings. The monoisotopic (exact) mass is 334 g/mol. The van der Waals surface area contributed by atoms with Gasteiger partial charge in [0.2, 0.25) is 0 Å². The molecule has 1 unspecified atom stereocenters. The number of nitrogens with one attached hydrogen (secondary N) is 1. The molecule has 1 rings (SSSR count). The van der Waals surface area contributed by atoms with E-state index in [2.05, 4.69) is 5.32 Å². The minimum Gasteiger partial charge on any atom is -0.462 e. The van der Waals surface area contributed by atoms with Crippen molar-refractivity contribution in [3.8, 4) is 0 Å². The van der Waals surface area contributed by atoms with Crippen molar-refractivity contribution >= 4 is 38.8 Å². The largest absolute Gasteiger partial charge is 0.462 e. The van der Waals surface area contributed by atoms with Crippen LogP contribution in [0.25, 0.3) is 0 Å². The van der Waals surface area contributed by atoms with Crippen LogP contribution in [-0.4, -0.2) is 39.0 Å². The molecule has 0 aliphatic heterocycles. The van der Waals surface area contributed by atoms with Crippen molar-refractivity contribution in [3.05, 3.63) is 22.7 Å². The summed E-state index contributed by atoms with van der Waals surface area (Å²) in [5, 5.41) is 3.17. The minimum atomic E-state index is -3.15. The summed E-state index contributed by atoms with van der Waals surface area (Å²) in [6.07, 6.45) is 1.14. The van der Waals surface area contributed by atoms with Gasteiger partial charge in [-0.1, -0.05) is 11.6 Å². The fourth-order valence-corrected chi connectivity index (χ4v) is 3.16. The predicted molar refractivity (Wildman–Crippen MR) is 84.6 cm³/mol. The topological polar surface area (TPSA) is 98.5 Å². The summed E-state index contributed by atoms with van der Waals surface area (Å²) in [4.78, 5) is 11.9. The second-order valence-corrected chi connectivity index (χ2v) is 7.38. The molecular weight excluding hydrogens is 316 g/mol. The van der Waals surface area contributed by atoms with Crippen molar-refractivity contribution in [1.29, 1.82) is 0 Å². The number of carbonyl (C=O) groups is 1.